The van der Waals surface area contributed by atoms with Gasteiger partial charge in [-0.05, 0) is 36.1 Å². The van der Waals surface area contributed by atoms with Crippen molar-refractivity contribution in [3.8, 4) is 33.9 Å². The molecule has 1 aliphatic heterocycles. The second-order valence-electron chi connectivity index (χ2n) is 5.62. The molecule has 0 saturated carbocycles. The zero-order valence-electron chi connectivity index (χ0n) is 13.6. The Kier molecular flexibility index (Phi) is 4.07. The van der Waals surface area contributed by atoms with E-state index in [0.29, 0.717) is 22.6 Å². The number of hydrogen-bond acceptors (Lipinski definition) is 4. The van der Waals surface area contributed by atoms with Crippen LogP contribution < -0.4 is 9.47 Å². The van der Waals surface area contributed by atoms with Crippen molar-refractivity contribution < 1.29 is 22.6 Å². The largest absolute Gasteiger partial charge is 0.454 e. The first-order valence-electron chi connectivity index (χ1n) is 7.67. The Morgan fingerprint density at radius 3 is 2.38 bits per heavy atom. The molecule has 0 spiro atoms. The molecular weight excluding hydrogens is 365 g/mol. The first kappa shape index (κ1) is 16.8. The molecule has 4 rings (SSSR count). The number of alkyl halides is 3. The fourth-order valence-electron chi connectivity index (χ4n) is 2.84. The number of thioether (sulfide) groups is 1. The first-order chi connectivity index (χ1) is 12.5. The number of nitrogens with zero attached hydrogens (tertiary/aromatic N) is 1. The van der Waals surface area contributed by atoms with Crippen LogP contribution in [0.4, 0.5) is 13.2 Å². The predicted molar refractivity (Wildman–Crippen MR) is 92.4 cm³/mol. The molecule has 26 heavy (non-hydrogen) atoms. The van der Waals surface area contributed by atoms with Crippen LogP contribution in [0.3, 0.4) is 0 Å². The van der Waals surface area contributed by atoms with Crippen LogP contribution in [-0.2, 0) is 6.18 Å². The number of nitrogens with one attached hydrogen (secondary N) is 1. The van der Waals surface area contributed by atoms with Crippen molar-refractivity contribution >= 4 is 11.8 Å². The molecule has 1 aliphatic rings. The average molecular weight is 378 g/mol. The van der Waals surface area contributed by atoms with Gasteiger partial charge in [-0.2, -0.15) is 18.3 Å². The smallest absolute Gasteiger partial charge is 0.433 e. The van der Waals surface area contributed by atoms with E-state index in [0.717, 1.165) is 4.90 Å². The van der Waals surface area contributed by atoms with Gasteiger partial charge in [-0.15, -0.1) is 11.8 Å². The molecule has 3 aromatic rings. The van der Waals surface area contributed by atoms with E-state index in [1.54, 1.807) is 42.1 Å². The lowest BCUT2D eigenvalue weighted by Crippen LogP contribution is -2.07. The fourth-order valence-corrected chi connectivity index (χ4v) is 3.25. The van der Waals surface area contributed by atoms with E-state index in [-0.39, 0.29) is 18.1 Å². The maximum Gasteiger partial charge on any atom is 0.433 e. The second kappa shape index (κ2) is 6.28. The molecule has 0 amide bonds. The molecule has 0 unspecified atom stereocenters. The Hall–Kier alpha value is -2.61. The van der Waals surface area contributed by atoms with Gasteiger partial charge in [0.1, 0.15) is 11.4 Å². The van der Waals surface area contributed by atoms with Crippen LogP contribution in [0.5, 0.6) is 11.5 Å². The Morgan fingerprint density at radius 2 is 1.69 bits per heavy atom. The number of halogens is 3. The van der Waals surface area contributed by atoms with Gasteiger partial charge in [0, 0.05) is 16.0 Å². The summed E-state index contributed by atoms with van der Waals surface area (Å²) in [6.45, 7) is 0.0549. The standard InChI is InChI=1S/C18H13F3N2O2S/c1-26-12-5-2-10(3-6-12)16-15(17(23-22-16)18(19,20)21)11-4-7-13-14(8-11)25-9-24-13/h2-8H,9H2,1H3,(H,22,23). The van der Waals surface area contributed by atoms with Gasteiger partial charge in [0.25, 0.3) is 0 Å². The Labute approximate surface area is 151 Å². The molecule has 1 aromatic heterocycles. The number of fused-ring (bicyclic) bond motifs is 1. The topological polar surface area (TPSA) is 47.1 Å². The zero-order valence-corrected chi connectivity index (χ0v) is 14.4. The quantitative estimate of drug-likeness (QED) is 0.636. The molecule has 134 valence electrons. The van der Waals surface area contributed by atoms with Crippen LogP contribution >= 0.6 is 11.8 Å². The lowest BCUT2D eigenvalue weighted by atomic mass is 9.98. The molecule has 0 bridgehead atoms. The number of ether oxygens (including phenoxy) is 2. The Balaban J connectivity index is 1.89. The summed E-state index contributed by atoms with van der Waals surface area (Å²) in [5, 5.41) is 6.11. The number of benzene rings is 2. The van der Waals surface area contributed by atoms with Gasteiger partial charge in [0.15, 0.2) is 11.5 Å². The van der Waals surface area contributed by atoms with Crippen LogP contribution in [0.25, 0.3) is 22.4 Å². The second-order valence-corrected chi connectivity index (χ2v) is 6.50. The Bertz CT molecular complexity index is 952. The van der Waals surface area contributed by atoms with E-state index in [1.807, 2.05) is 18.4 Å². The molecule has 0 atom stereocenters. The number of hydrogen-bond donors (Lipinski definition) is 1. The highest BCUT2D eigenvalue weighted by Crippen LogP contribution is 2.44. The van der Waals surface area contributed by atoms with Gasteiger partial charge < -0.3 is 9.47 Å². The van der Waals surface area contributed by atoms with E-state index in [9.17, 15) is 13.2 Å². The van der Waals surface area contributed by atoms with Gasteiger partial charge in [-0.3, -0.25) is 5.10 Å². The maximum absolute atomic E-state index is 13.5. The molecule has 2 heterocycles. The van der Waals surface area contributed by atoms with Crippen molar-refractivity contribution in [3.05, 3.63) is 48.2 Å². The molecule has 1 N–H and O–H groups in total. The van der Waals surface area contributed by atoms with Crippen molar-refractivity contribution in [3.63, 3.8) is 0 Å². The summed E-state index contributed by atoms with van der Waals surface area (Å²) in [5.41, 5.74) is 0.304. The lowest BCUT2D eigenvalue weighted by Gasteiger charge is -2.10. The summed E-state index contributed by atoms with van der Waals surface area (Å²) >= 11 is 1.56. The zero-order chi connectivity index (χ0) is 18.3. The Morgan fingerprint density at radius 1 is 1.00 bits per heavy atom. The molecular formula is C18H13F3N2O2S. The molecule has 2 aromatic carbocycles. The van der Waals surface area contributed by atoms with Gasteiger partial charge in [-0.25, -0.2) is 0 Å². The summed E-state index contributed by atoms with van der Waals surface area (Å²) in [5.74, 6) is 0.928. The molecule has 4 nitrogen and oxygen atoms in total. The number of rotatable bonds is 3. The van der Waals surface area contributed by atoms with Crippen molar-refractivity contribution in [1.82, 2.24) is 10.2 Å². The summed E-state index contributed by atoms with van der Waals surface area (Å²) < 4.78 is 51.1. The average Bonchev–Trinajstić information content (AvgIpc) is 3.27. The van der Waals surface area contributed by atoms with E-state index in [4.69, 9.17) is 9.47 Å². The van der Waals surface area contributed by atoms with Gasteiger partial charge in [-0.1, -0.05) is 18.2 Å². The highest BCUT2D eigenvalue weighted by Gasteiger charge is 2.38. The normalized spacial score (nSPS) is 13.2. The predicted octanol–water partition coefficient (Wildman–Crippen LogP) is 5.21. The van der Waals surface area contributed by atoms with E-state index in [2.05, 4.69) is 10.2 Å². The van der Waals surface area contributed by atoms with Crippen molar-refractivity contribution in [2.75, 3.05) is 13.0 Å². The van der Waals surface area contributed by atoms with Gasteiger partial charge >= 0.3 is 6.18 Å². The monoisotopic (exact) mass is 378 g/mol. The van der Waals surface area contributed by atoms with Gasteiger partial charge in [0.2, 0.25) is 6.79 Å². The minimum absolute atomic E-state index is 0.00676. The number of H-pyrrole nitrogens is 1. The highest BCUT2D eigenvalue weighted by atomic mass is 32.2. The minimum Gasteiger partial charge on any atom is -0.454 e. The maximum atomic E-state index is 13.5. The van der Waals surface area contributed by atoms with Crippen LogP contribution in [-0.4, -0.2) is 23.2 Å². The number of aromatic nitrogens is 2. The third kappa shape index (κ3) is 2.90. The van der Waals surface area contributed by atoms with Crippen molar-refractivity contribution in [2.24, 2.45) is 0 Å². The summed E-state index contributed by atoms with van der Waals surface area (Å²) in [6.07, 6.45) is -2.63. The van der Waals surface area contributed by atoms with E-state index in [1.165, 1.54) is 0 Å². The van der Waals surface area contributed by atoms with Crippen LogP contribution in [0.15, 0.2) is 47.4 Å². The van der Waals surface area contributed by atoms with Crippen molar-refractivity contribution in [1.29, 1.82) is 0 Å². The van der Waals surface area contributed by atoms with E-state index < -0.39 is 11.9 Å². The SMILES string of the molecule is CSc1ccc(-c2n[nH]c(C(F)(F)F)c2-c2ccc3c(c2)OCO3)cc1. The lowest BCUT2D eigenvalue weighted by molar-refractivity contribution is -0.140. The molecule has 0 radical (unpaired) electrons. The third-order valence-electron chi connectivity index (χ3n) is 4.07. The first-order valence-corrected chi connectivity index (χ1v) is 8.90. The van der Waals surface area contributed by atoms with E-state index >= 15 is 0 Å². The summed E-state index contributed by atoms with van der Waals surface area (Å²) in [4.78, 5) is 1.02. The van der Waals surface area contributed by atoms with Crippen molar-refractivity contribution in [2.45, 2.75) is 11.1 Å². The molecule has 0 saturated heterocycles. The molecule has 0 aliphatic carbocycles. The van der Waals surface area contributed by atoms with Gasteiger partial charge in [0.05, 0.1) is 0 Å². The molecule has 0 fully saturated rings. The van der Waals surface area contributed by atoms with Crippen LogP contribution in [0.2, 0.25) is 0 Å². The summed E-state index contributed by atoms with van der Waals surface area (Å²) in [6, 6.07) is 12.0. The fraction of sp³-hybridized carbons (Fsp3) is 0.167. The summed E-state index contributed by atoms with van der Waals surface area (Å²) in [7, 11) is 0. The number of aromatic amines is 1. The highest BCUT2D eigenvalue weighted by molar-refractivity contribution is 7.98. The minimum atomic E-state index is -4.56. The van der Waals surface area contributed by atoms with Crippen LogP contribution in [0.1, 0.15) is 5.69 Å². The molecule has 8 heteroatoms. The van der Waals surface area contributed by atoms with Crippen LogP contribution in [0, 0.1) is 0 Å². The third-order valence-corrected chi connectivity index (χ3v) is 4.82.